The highest BCUT2D eigenvalue weighted by molar-refractivity contribution is 6.36. The van der Waals surface area contributed by atoms with E-state index in [1.165, 1.54) is 12.3 Å². The summed E-state index contributed by atoms with van der Waals surface area (Å²) in [5.74, 6) is -2.29. The average molecular weight is 696 g/mol. The molecule has 2 N–H and O–H groups in total. The molecule has 0 aliphatic carbocycles. The van der Waals surface area contributed by atoms with Crippen LogP contribution in [0.1, 0.15) is 62.5 Å². The molecule has 0 saturated carbocycles. The molecule has 0 radical (unpaired) electrons. The van der Waals surface area contributed by atoms with Crippen LogP contribution in [0.2, 0.25) is 15.1 Å². The van der Waals surface area contributed by atoms with Crippen molar-refractivity contribution in [1.29, 1.82) is 5.26 Å². The number of likely N-dealkylation sites (tertiary alicyclic amines) is 1. The van der Waals surface area contributed by atoms with Gasteiger partial charge in [0.25, 0.3) is 0 Å². The number of hydrogen-bond donors (Lipinski definition) is 2. The zero-order chi connectivity index (χ0) is 33.5. The molecule has 1 atom stereocenters. The van der Waals surface area contributed by atoms with Crippen LogP contribution in [-0.4, -0.2) is 43.5 Å². The summed E-state index contributed by atoms with van der Waals surface area (Å²) in [4.78, 5) is 6.88. The molecule has 0 bridgehead atoms. The zero-order valence-electron chi connectivity index (χ0n) is 25.8. The highest BCUT2D eigenvalue weighted by Gasteiger charge is 2.29. The Balaban J connectivity index is 1.37. The summed E-state index contributed by atoms with van der Waals surface area (Å²) in [6.45, 7) is 8.65. The first kappa shape index (κ1) is 32.9. The maximum atomic E-state index is 14.2. The second-order valence-corrected chi connectivity index (χ2v) is 13.8. The number of fused-ring (bicyclic) bond motifs is 1. The van der Waals surface area contributed by atoms with Crippen LogP contribution in [-0.2, 0) is 0 Å². The number of benzene rings is 3. The summed E-state index contributed by atoms with van der Waals surface area (Å²) < 4.78 is 30.1. The Morgan fingerprint density at radius 1 is 0.979 bits per heavy atom. The summed E-state index contributed by atoms with van der Waals surface area (Å²) in [5.41, 5.74) is 3.32. The predicted octanol–water partition coefficient (Wildman–Crippen LogP) is 9.32. The van der Waals surface area contributed by atoms with Gasteiger partial charge in [-0.2, -0.15) is 5.26 Å². The Bertz CT molecular complexity index is 1950. The molecule has 3 heterocycles. The third kappa shape index (κ3) is 6.99. The Kier molecular flexibility index (Phi) is 9.27. The van der Waals surface area contributed by atoms with Crippen molar-refractivity contribution in [1.82, 2.24) is 24.9 Å². The van der Waals surface area contributed by atoms with Crippen molar-refractivity contribution in [2.45, 2.75) is 51.2 Å². The predicted molar refractivity (Wildman–Crippen MR) is 183 cm³/mol. The Morgan fingerprint density at radius 3 is 2.34 bits per heavy atom. The van der Waals surface area contributed by atoms with E-state index in [0.29, 0.717) is 38.0 Å². The number of hydrogen-bond acceptors (Lipinski definition) is 7. The van der Waals surface area contributed by atoms with Gasteiger partial charge >= 0.3 is 0 Å². The lowest BCUT2D eigenvalue weighted by molar-refractivity contribution is 0.0866. The van der Waals surface area contributed by atoms with Crippen molar-refractivity contribution in [2.75, 3.05) is 23.7 Å². The van der Waals surface area contributed by atoms with E-state index in [0.717, 1.165) is 37.6 Å². The van der Waals surface area contributed by atoms with Crippen LogP contribution in [0.4, 0.5) is 25.8 Å². The van der Waals surface area contributed by atoms with E-state index in [-0.39, 0.29) is 22.8 Å². The molecule has 8 nitrogen and oxygen atoms in total. The second-order valence-electron chi connectivity index (χ2n) is 12.5. The maximum Gasteiger partial charge on any atom is 0.177 e. The molecule has 1 aliphatic heterocycles. The van der Waals surface area contributed by atoms with Gasteiger partial charge in [-0.1, -0.05) is 52.1 Å². The number of rotatable bonds is 7. The van der Waals surface area contributed by atoms with Crippen LogP contribution in [0.15, 0.2) is 60.9 Å². The number of nitrogens with zero attached hydrogens (tertiary/aromatic N) is 6. The second kappa shape index (κ2) is 13.2. The minimum Gasteiger partial charge on any atom is -0.373 e. The largest absolute Gasteiger partial charge is 0.373 e. The minimum absolute atomic E-state index is 0.115. The van der Waals surface area contributed by atoms with Crippen molar-refractivity contribution >= 4 is 62.8 Å². The summed E-state index contributed by atoms with van der Waals surface area (Å²) in [7, 11) is 0. The van der Waals surface area contributed by atoms with Crippen molar-refractivity contribution in [3.63, 3.8) is 0 Å². The third-order valence-electron chi connectivity index (χ3n) is 8.42. The van der Waals surface area contributed by atoms with E-state index in [1.807, 2.05) is 35.1 Å². The van der Waals surface area contributed by atoms with E-state index in [2.05, 4.69) is 57.7 Å². The summed E-state index contributed by atoms with van der Waals surface area (Å²) >= 11 is 18.9. The van der Waals surface area contributed by atoms with Gasteiger partial charge < -0.3 is 10.6 Å². The van der Waals surface area contributed by atoms with E-state index >= 15 is 0 Å². The Hall–Kier alpha value is -4.01. The van der Waals surface area contributed by atoms with E-state index < -0.39 is 22.7 Å². The minimum atomic E-state index is -1.16. The van der Waals surface area contributed by atoms with Crippen molar-refractivity contribution in [2.24, 2.45) is 0 Å². The van der Waals surface area contributed by atoms with Gasteiger partial charge in [-0.15, -0.1) is 5.10 Å². The molecule has 1 saturated heterocycles. The third-order valence-corrected chi connectivity index (χ3v) is 9.24. The van der Waals surface area contributed by atoms with Crippen molar-refractivity contribution < 1.29 is 8.78 Å². The summed E-state index contributed by atoms with van der Waals surface area (Å²) in [6.07, 6.45) is 5.27. The molecule has 0 amide bonds. The molecule has 6 rings (SSSR count). The van der Waals surface area contributed by atoms with Gasteiger partial charge in [0.1, 0.15) is 11.8 Å². The first-order valence-corrected chi connectivity index (χ1v) is 16.2. The lowest BCUT2D eigenvalue weighted by Gasteiger charge is -2.40. The number of pyridine rings is 1. The van der Waals surface area contributed by atoms with Gasteiger partial charge in [0.2, 0.25) is 0 Å². The smallest absolute Gasteiger partial charge is 0.177 e. The lowest BCUT2D eigenvalue weighted by atomic mass is 9.98. The molecule has 1 unspecified atom stereocenters. The van der Waals surface area contributed by atoms with Crippen LogP contribution in [0.25, 0.3) is 10.9 Å². The van der Waals surface area contributed by atoms with Gasteiger partial charge in [0, 0.05) is 52.7 Å². The molecule has 1 aliphatic rings. The molecule has 242 valence electrons. The van der Waals surface area contributed by atoms with Crippen molar-refractivity contribution in [3.05, 3.63) is 104 Å². The highest BCUT2D eigenvalue weighted by atomic mass is 35.5. The number of nitrogens with one attached hydrogen (secondary N) is 2. The van der Waals surface area contributed by atoms with E-state index in [4.69, 9.17) is 34.8 Å². The molecule has 0 spiro atoms. The lowest BCUT2D eigenvalue weighted by Crippen LogP contribution is -2.46. The molecule has 2 aromatic heterocycles. The normalized spacial score (nSPS) is 15.0. The zero-order valence-corrected chi connectivity index (χ0v) is 28.1. The molecule has 3 aromatic carbocycles. The quantitative estimate of drug-likeness (QED) is 0.164. The van der Waals surface area contributed by atoms with Gasteiger partial charge in [-0.25, -0.2) is 13.5 Å². The maximum absolute atomic E-state index is 14.2. The van der Waals surface area contributed by atoms with Crippen LogP contribution in [0, 0.1) is 23.0 Å². The summed E-state index contributed by atoms with van der Waals surface area (Å²) in [5, 5.41) is 26.6. The Morgan fingerprint density at radius 2 is 1.68 bits per heavy atom. The van der Waals surface area contributed by atoms with E-state index in [1.54, 1.807) is 12.1 Å². The number of anilines is 3. The fourth-order valence-corrected chi connectivity index (χ4v) is 6.49. The Labute approximate surface area is 286 Å². The molecule has 13 heteroatoms. The topological polar surface area (TPSA) is 94.7 Å². The van der Waals surface area contributed by atoms with Gasteiger partial charge in [-0.05, 0) is 69.5 Å². The van der Waals surface area contributed by atoms with Crippen LogP contribution >= 0.6 is 34.8 Å². The van der Waals surface area contributed by atoms with Gasteiger partial charge in [0.15, 0.2) is 11.6 Å². The highest BCUT2D eigenvalue weighted by Crippen LogP contribution is 2.38. The van der Waals surface area contributed by atoms with E-state index in [9.17, 15) is 14.0 Å². The van der Waals surface area contributed by atoms with Crippen LogP contribution in [0.3, 0.4) is 0 Å². The molecule has 1 fully saturated rings. The average Bonchev–Trinajstić information content (AvgIpc) is 3.53. The molecule has 5 aromatic rings. The molecule has 47 heavy (non-hydrogen) atoms. The first-order valence-electron chi connectivity index (χ1n) is 15.0. The summed E-state index contributed by atoms with van der Waals surface area (Å²) in [6, 6.07) is 15.1. The fraction of sp³-hybridized carbons (Fsp3) is 0.294. The van der Waals surface area contributed by atoms with Gasteiger partial charge in [-0.3, -0.25) is 9.88 Å². The van der Waals surface area contributed by atoms with Crippen LogP contribution < -0.4 is 10.6 Å². The monoisotopic (exact) mass is 694 g/mol. The van der Waals surface area contributed by atoms with Crippen molar-refractivity contribution in [3.8, 4) is 6.07 Å². The van der Waals surface area contributed by atoms with Crippen LogP contribution in [0.5, 0.6) is 0 Å². The van der Waals surface area contributed by atoms with Gasteiger partial charge in [0.05, 0.1) is 45.1 Å². The SMILES string of the molecule is CC(C)(C)N1CCC(n2cc(C(Nc3cc(Cl)c4ncc(C#N)c(Nc5cc(F)c(F)c(Cl)c5)c4c3)c3ccc(Cl)cc3)nn2)CC1. The number of piperidine rings is 1. The number of aromatic nitrogens is 4. The number of halogens is 5. The molecular formula is C34H31Cl3F2N8. The fourth-order valence-electron chi connectivity index (χ4n) is 5.89. The first-order chi connectivity index (χ1) is 22.4. The number of nitriles is 1. The molecular weight excluding hydrogens is 665 g/mol. The standard InChI is InChI=1S/C34H31Cl3F2N8/c1-34(2,3)46-10-8-24(9-11-46)47-18-29(44-45-47)32(19-4-6-21(35)7-5-19)43-22-12-25-31(20(16-40)17-41-33(25)27(37)14-22)42-23-13-26(36)30(39)28(38)15-23/h4-7,12-15,17-18,24,32,43H,8-11H2,1-3H3,(H,41,42).